The fourth-order valence-electron chi connectivity index (χ4n) is 2.49. The van der Waals surface area contributed by atoms with Crippen LogP contribution in [0, 0.1) is 0 Å². The molecule has 3 N–H and O–H groups in total. The molecule has 0 atom stereocenters. The van der Waals surface area contributed by atoms with Crippen LogP contribution in [-0.2, 0) is 0 Å². The molecule has 98 valence electrons. The van der Waals surface area contributed by atoms with Crippen molar-refractivity contribution < 1.29 is 14.6 Å². The molecule has 0 saturated heterocycles. The maximum absolute atomic E-state index is 12.5. The predicted octanol–water partition coefficient (Wildman–Crippen LogP) is 2.84. The van der Waals surface area contributed by atoms with Crippen molar-refractivity contribution in [3.8, 4) is 11.5 Å². The largest absolute Gasteiger partial charge is 0.508 e. The van der Waals surface area contributed by atoms with E-state index in [0.29, 0.717) is 33.0 Å². The molecule has 2 aromatic heterocycles. The van der Waals surface area contributed by atoms with Gasteiger partial charge in [-0.2, -0.15) is 0 Å². The second-order valence-corrected chi connectivity index (χ2v) is 4.67. The molecule has 2 aromatic carbocycles. The van der Waals surface area contributed by atoms with Crippen LogP contribution < -0.4 is 5.43 Å². The van der Waals surface area contributed by atoms with E-state index in [1.165, 1.54) is 24.3 Å². The van der Waals surface area contributed by atoms with E-state index >= 15 is 0 Å². The number of benzene rings is 2. The smallest absolute Gasteiger partial charge is 0.209 e. The first-order valence-corrected chi connectivity index (χ1v) is 6.04. The van der Waals surface area contributed by atoms with Crippen molar-refractivity contribution in [2.24, 2.45) is 0 Å². The van der Waals surface area contributed by atoms with Crippen molar-refractivity contribution in [1.29, 1.82) is 0 Å². The van der Waals surface area contributed by atoms with Crippen LogP contribution in [0.25, 0.3) is 33.0 Å². The van der Waals surface area contributed by atoms with Gasteiger partial charge in [0.15, 0.2) is 0 Å². The first kappa shape index (κ1) is 10.9. The van der Waals surface area contributed by atoms with Crippen LogP contribution in [0.5, 0.6) is 11.5 Å². The van der Waals surface area contributed by atoms with E-state index in [2.05, 4.69) is 4.98 Å². The molecule has 0 fully saturated rings. The Kier molecular flexibility index (Phi) is 1.93. The summed E-state index contributed by atoms with van der Waals surface area (Å²) in [5.41, 5.74) is 1.16. The van der Waals surface area contributed by atoms with Gasteiger partial charge in [-0.05, 0) is 30.3 Å². The van der Waals surface area contributed by atoms with Crippen molar-refractivity contribution >= 4 is 33.0 Å². The lowest BCUT2D eigenvalue weighted by Gasteiger charge is -1.99. The molecular weight excluding hydrogens is 258 g/mol. The summed E-state index contributed by atoms with van der Waals surface area (Å²) in [4.78, 5) is 15.5. The van der Waals surface area contributed by atoms with Crippen molar-refractivity contribution in [1.82, 2.24) is 4.98 Å². The highest BCUT2D eigenvalue weighted by Crippen LogP contribution is 2.29. The van der Waals surface area contributed by atoms with Crippen LogP contribution in [0.3, 0.4) is 0 Å². The van der Waals surface area contributed by atoms with Gasteiger partial charge in [0.05, 0.1) is 10.9 Å². The van der Waals surface area contributed by atoms with Gasteiger partial charge in [0.25, 0.3) is 0 Å². The zero-order valence-corrected chi connectivity index (χ0v) is 10.2. The Morgan fingerprint density at radius 1 is 0.950 bits per heavy atom. The third-order valence-corrected chi connectivity index (χ3v) is 3.39. The number of hydrogen-bond donors (Lipinski definition) is 3. The summed E-state index contributed by atoms with van der Waals surface area (Å²) in [6.07, 6.45) is 0. The lowest BCUT2D eigenvalue weighted by atomic mass is 10.1. The first-order chi connectivity index (χ1) is 9.63. The van der Waals surface area contributed by atoms with Gasteiger partial charge in [-0.1, -0.05) is 0 Å². The van der Waals surface area contributed by atoms with E-state index < -0.39 is 0 Å². The summed E-state index contributed by atoms with van der Waals surface area (Å²) in [5, 5.41) is 20.5. The molecule has 4 rings (SSSR count). The Morgan fingerprint density at radius 3 is 2.55 bits per heavy atom. The Morgan fingerprint density at radius 2 is 1.70 bits per heavy atom. The number of H-pyrrole nitrogens is 1. The summed E-state index contributed by atoms with van der Waals surface area (Å²) in [7, 11) is 0. The topological polar surface area (TPSA) is 86.5 Å². The lowest BCUT2D eigenvalue weighted by Crippen LogP contribution is -2.02. The minimum atomic E-state index is -0.196. The standard InChI is InChI=1S/C15H9NO4/c17-7-2-4-12-10(5-7)13-14(19)9-3-1-8(18)6-11(9)16-15(13)20-12/h1-6,17-18H,(H,16,19). The SMILES string of the molecule is O=c1c2ccc(O)cc2[nH]c2oc3ccc(O)cc3c12. The number of phenolic OH excluding ortho intramolecular Hbond substituents is 2. The molecule has 20 heavy (non-hydrogen) atoms. The molecule has 0 spiro atoms. The van der Waals surface area contributed by atoms with Gasteiger partial charge in [0.2, 0.25) is 11.1 Å². The van der Waals surface area contributed by atoms with Crippen LogP contribution in [0.2, 0.25) is 0 Å². The average Bonchev–Trinajstić information content (AvgIpc) is 2.76. The third kappa shape index (κ3) is 1.34. The molecule has 0 aliphatic rings. The van der Waals surface area contributed by atoms with Crippen LogP contribution in [0.1, 0.15) is 0 Å². The van der Waals surface area contributed by atoms with Crippen molar-refractivity contribution in [2.75, 3.05) is 0 Å². The minimum Gasteiger partial charge on any atom is -0.508 e. The van der Waals surface area contributed by atoms with Gasteiger partial charge >= 0.3 is 0 Å². The number of phenols is 2. The zero-order valence-electron chi connectivity index (χ0n) is 10.2. The number of aromatic hydroxyl groups is 2. The van der Waals surface area contributed by atoms with Crippen LogP contribution >= 0.6 is 0 Å². The van der Waals surface area contributed by atoms with Crippen LogP contribution in [0.15, 0.2) is 45.6 Å². The fourth-order valence-corrected chi connectivity index (χ4v) is 2.49. The highest BCUT2D eigenvalue weighted by atomic mass is 16.3. The summed E-state index contributed by atoms with van der Waals surface area (Å²) in [6, 6.07) is 9.11. The summed E-state index contributed by atoms with van der Waals surface area (Å²) in [5.74, 6) is 0.145. The Balaban J connectivity index is 2.31. The van der Waals surface area contributed by atoms with Crippen molar-refractivity contribution in [3.63, 3.8) is 0 Å². The number of furan rings is 1. The quantitative estimate of drug-likeness (QED) is 0.457. The van der Waals surface area contributed by atoms with E-state index in [1.54, 1.807) is 12.1 Å². The number of rotatable bonds is 0. The number of nitrogens with one attached hydrogen (secondary N) is 1. The Bertz CT molecular complexity index is 1040. The van der Waals surface area contributed by atoms with E-state index in [-0.39, 0.29) is 16.9 Å². The molecule has 5 nitrogen and oxygen atoms in total. The maximum Gasteiger partial charge on any atom is 0.209 e. The molecule has 0 aliphatic heterocycles. The molecule has 2 heterocycles. The minimum absolute atomic E-state index is 0.0706. The molecule has 4 aromatic rings. The van der Waals surface area contributed by atoms with E-state index in [9.17, 15) is 15.0 Å². The molecule has 0 amide bonds. The van der Waals surface area contributed by atoms with Gasteiger partial charge < -0.3 is 19.6 Å². The predicted molar refractivity (Wildman–Crippen MR) is 75.2 cm³/mol. The van der Waals surface area contributed by atoms with Crippen LogP contribution in [-0.4, -0.2) is 15.2 Å². The van der Waals surface area contributed by atoms with Gasteiger partial charge in [-0.15, -0.1) is 0 Å². The second kappa shape index (κ2) is 3.54. The normalized spacial score (nSPS) is 11.6. The molecule has 0 unspecified atom stereocenters. The zero-order chi connectivity index (χ0) is 13.9. The molecule has 0 radical (unpaired) electrons. The summed E-state index contributed by atoms with van der Waals surface area (Å²) < 4.78 is 5.59. The fraction of sp³-hybridized carbons (Fsp3) is 0. The van der Waals surface area contributed by atoms with Gasteiger partial charge in [-0.25, -0.2) is 0 Å². The highest BCUT2D eigenvalue weighted by Gasteiger charge is 2.14. The first-order valence-electron chi connectivity index (χ1n) is 6.04. The highest BCUT2D eigenvalue weighted by molar-refractivity contribution is 6.07. The average molecular weight is 267 g/mol. The number of pyridine rings is 1. The second-order valence-electron chi connectivity index (χ2n) is 4.67. The van der Waals surface area contributed by atoms with Crippen LogP contribution in [0.4, 0.5) is 0 Å². The molecule has 0 bridgehead atoms. The van der Waals surface area contributed by atoms with Gasteiger partial charge in [-0.3, -0.25) is 4.79 Å². The molecular formula is C15H9NO4. The van der Waals surface area contributed by atoms with Gasteiger partial charge in [0.1, 0.15) is 17.1 Å². The monoisotopic (exact) mass is 267 g/mol. The summed E-state index contributed by atoms with van der Waals surface area (Å²) in [6.45, 7) is 0. The number of aromatic nitrogens is 1. The molecule has 0 aliphatic carbocycles. The maximum atomic E-state index is 12.5. The Hall–Kier alpha value is -2.95. The number of hydrogen-bond acceptors (Lipinski definition) is 4. The molecule has 0 saturated carbocycles. The van der Waals surface area contributed by atoms with Crippen molar-refractivity contribution in [3.05, 3.63) is 46.6 Å². The molecule has 5 heteroatoms. The van der Waals surface area contributed by atoms with E-state index in [1.807, 2.05) is 0 Å². The van der Waals surface area contributed by atoms with E-state index in [4.69, 9.17) is 4.42 Å². The van der Waals surface area contributed by atoms with Gasteiger partial charge in [0, 0.05) is 16.8 Å². The Labute approximate surface area is 111 Å². The number of aromatic amines is 1. The number of fused-ring (bicyclic) bond motifs is 4. The van der Waals surface area contributed by atoms with E-state index in [0.717, 1.165) is 0 Å². The third-order valence-electron chi connectivity index (χ3n) is 3.39. The van der Waals surface area contributed by atoms with Crippen molar-refractivity contribution in [2.45, 2.75) is 0 Å². The summed E-state index contributed by atoms with van der Waals surface area (Å²) >= 11 is 0. The lowest BCUT2D eigenvalue weighted by molar-refractivity contribution is 0.475.